The highest BCUT2D eigenvalue weighted by molar-refractivity contribution is 7.71. The highest BCUT2D eigenvalue weighted by Gasteiger charge is 2.75. The van der Waals surface area contributed by atoms with Crippen molar-refractivity contribution in [3.8, 4) is 0 Å². The molecule has 250 valence electrons. The Kier molecular flexibility index (Phi) is 17.5. The van der Waals surface area contributed by atoms with Gasteiger partial charge in [-0.25, -0.2) is 38.2 Å². The van der Waals surface area contributed by atoms with Gasteiger partial charge in [-0.15, -0.1) is 0 Å². The summed E-state index contributed by atoms with van der Waals surface area (Å²) in [6.07, 6.45) is 0. The molecule has 0 aromatic carbocycles. The highest BCUT2D eigenvalue weighted by atomic mass is 31.2. The normalized spacial score (nSPS) is 20.3. The minimum atomic E-state index is -3.68. The Hall–Kier alpha value is -1.84. The van der Waals surface area contributed by atoms with Crippen LogP contribution < -0.4 is 24.3 Å². The van der Waals surface area contributed by atoms with Gasteiger partial charge in [-0.05, 0) is 34.6 Å². The first-order valence-corrected chi connectivity index (χ1v) is 18.8. The molecule has 0 spiro atoms. The van der Waals surface area contributed by atoms with E-state index < -0.39 is 66.6 Å². The maximum absolute atomic E-state index is 15.6. The summed E-state index contributed by atoms with van der Waals surface area (Å²) in [5.74, 6) is -10.6. The Balaban J connectivity index is 4.49. The van der Waals surface area contributed by atoms with Crippen LogP contribution in [0.2, 0.25) is 0 Å². The molecule has 45 heavy (non-hydrogen) atoms. The second-order valence-electron chi connectivity index (χ2n) is 8.80. The van der Waals surface area contributed by atoms with Crippen LogP contribution in [0, 0.1) is 0 Å². The van der Waals surface area contributed by atoms with Gasteiger partial charge in [-0.3, -0.25) is 14.6 Å². The minimum Gasteiger partial charge on any atom is -0.402 e. The van der Waals surface area contributed by atoms with Crippen molar-refractivity contribution in [2.24, 2.45) is 4.52 Å². The number of ether oxygens (including phenoxy) is 5. The Morgan fingerprint density at radius 2 is 0.956 bits per heavy atom. The lowest BCUT2D eigenvalue weighted by Gasteiger charge is -2.45. The van der Waals surface area contributed by atoms with Gasteiger partial charge in [0.15, 0.2) is 16.4 Å². The molecule has 6 unspecified atom stereocenters. The van der Waals surface area contributed by atoms with E-state index in [1.807, 2.05) is 0 Å². The molecule has 0 aromatic heterocycles. The van der Waals surface area contributed by atoms with Crippen LogP contribution in [-0.4, -0.2) is 41.3 Å². The molecule has 0 saturated heterocycles. The summed E-state index contributed by atoms with van der Waals surface area (Å²) in [6.45, 7) is 23.3. The molecule has 0 saturated carbocycles. The third kappa shape index (κ3) is 12.4. The van der Waals surface area contributed by atoms with Crippen LogP contribution >= 0.6 is 51.9 Å². The number of rotatable bonds is 12. The van der Waals surface area contributed by atoms with E-state index in [-0.39, 0.29) is 54.5 Å². The monoisotopic (exact) mass is 748 g/mol. The Morgan fingerprint density at radius 1 is 0.622 bits per heavy atom. The van der Waals surface area contributed by atoms with E-state index in [4.69, 9.17) is 23.7 Å². The highest BCUT2D eigenvalue weighted by Crippen LogP contribution is 2.62. The van der Waals surface area contributed by atoms with Gasteiger partial charge in [-0.2, -0.15) is 4.20 Å². The lowest BCUT2D eigenvalue weighted by Crippen LogP contribution is -2.65. The molecule has 1 rings (SSSR count). The molecule has 16 nitrogen and oxygen atoms in total. The molecule has 1 aliphatic rings. The number of nitrogens with zero attached hydrogens (tertiary/aromatic N) is 1. The molecule has 1 aliphatic heterocycles. The van der Waals surface area contributed by atoms with Crippen LogP contribution in [0.25, 0.3) is 0 Å². The summed E-state index contributed by atoms with van der Waals surface area (Å²) in [6, 6.07) is 0. The standard InChI is InChI=1S/C22H35FN6O10P6/c1-11(2)16(30)35-21(36-17(31)12(3)4,37-18(32)13(5)6)22(38-19(33)14(7)8,39-20(34)15(9)10)44-27-42-25-40-24-41-26-43-28-45(23)29-44/h24-27,40-43,45H,1,3,5,7,9H2,2,4,6,8,10H3,(H,28,29). The van der Waals surface area contributed by atoms with E-state index in [1.165, 1.54) is 34.6 Å². The average Bonchev–Trinajstić information content (AvgIpc) is 2.93. The van der Waals surface area contributed by atoms with Gasteiger partial charge in [0.1, 0.15) is 0 Å². The molecule has 23 heteroatoms. The predicted molar refractivity (Wildman–Crippen MR) is 178 cm³/mol. The Bertz CT molecular complexity index is 1220. The van der Waals surface area contributed by atoms with Gasteiger partial charge in [0, 0.05) is 63.4 Å². The lowest BCUT2D eigenvalue weighted by molar-refractivity contribution is -0.410. The van der Waals surface area contributed by atoms with Crippen LogP contribution in [0.4, 0.5) is 4.20 Å². The maximum atomic E-state index is 15.6. The zero-order chi connectivity index (χ0) is 34.5. The fourth-order valence-corrected chi connectivity index (χ4v) is 10.9. The van der Waals surface area contributed by atoms with Crippen LogP contribution in [0.1, 0.15) is 34.6 Å². The van der Waals surface area contributed by atoms with Crippen LogP contribution in [-0.2, 0) is 47.7 Å². The first-order chi connectivity index (χ1) is 20.9. The van der Waals surface area contributed by atoms with Crippen LogP contribution in [0.15, 0.2) is 65.3 Å². The molecule has 5 N–H and O–H groups in total. The molecule has 6 atom stereocenters. The zero-order valence-corrected chi connectivity index (χ0v) is 30.8. The van der Waals surface area contributed by atoms with E-state index in [1.54, 1.807) is 0 Å². The number of halogens is 1. The van der Waals surface area contributed by atoms with Crippen LogP contribution in [0.5, 0.6) is 0 Å². The zero-order valence-electron chi connectivity index (χ0n) is 24.9. The van der Waals surface area contributed by atoms with Crippen molar-refractivity contribution in [1.82, 2.24) is 24.3 Å². The smallest absolute Gasteiger partial charge is 0.402 e. The number of hydrogen-bond donors (Lipinski definition) is 5. The number of esters is 5. The van der Waals surface area contributed by atoms with Crippen molar-refractivity contribution in [3.63, 3.8) is 0 Å². The van der Waals surface area contributed by atoms with Crippen molar-refractivity contribution in [2.75, 3.05) is 0 Å². The number of carbonyl (C=O) groups is 5. The van der Waals surface area contributed by atoms with E-state index in [0.717, 1.165) is 0 Å². The van der Waals surface area contributed by atoms with Gasteiger partial charge in [0.2, 0.25) is 0 Å². The van der Waals surface area contributed by atoms with Crippen molar-refractivity contribution in [3.05, 3.63) is 60.8 Å². The second kappa shape index (κ2) is 19.1. The molecule has 0 amide bonds. The number of nitrogens with one attached hydrogen (secondary N) is 5. The van der Waals surface area contributed by atoms with Gasteiger partial charge in [0.25, 0.3) is 0 Å². The fourth-order valence-electron chi connectivity index (χ4n) is 2.27. The van der Waals surface area contributed by atoms with Crippen molar-refractivity contribution in [2.45, 2.75) is 46.1 Å². The maximum Gasteiger partial charge on any atom is 0.515 e. The van der Waals surface area contributed by atoms with E-state index in [0.29, 0.717) is 0 Å². The first kappa shape index (κ1) is 41.2. The molecule has 0 bridgehead atoms. The lowest BCUT2D eigenvalue weighted by atomic mass is 10.3. The Morgan fingerprint density at radius 3 is 1.33 bits per heavy atom. The Labute approximate surface area is 269 Å². The van der Waals surface area contributed by atoms with E-state index >= 15 is 4.20 Å². The van der Waals surface area contributed by atoms with Crippen molar-refractivity contribution >= 4 is 81.8 Å². The summed E-state index contributed by atoms with van der Waals surface area (Å²) in [5.41, 5.74) is -5.11. The molecule has 0 fully saturated rings. The second-order valence-corrected chi connectivity index (χ2v) is 17.3. The number of carbonyl (C=O) groups excluding carboxylic acids is 5. The SMILES string of the molecule is C=C(C)C(=O)OC(OC(=O)C(=C)C)(OC(=O)C(=C)C)C(OC(=O)C(=C)C)(OC(=O)C(=C)C)P1/N=[PH](\F)NPNPNPNPN1. The molecule has 0 aromatic rings. The number of hydrogen-bond acceptors (Lipinski definition) is 16. The van der Waals surface area contributed by atoms with Gasteiger partial charge in [-0.1, -0.05) is 32.9 Å². The first-order valence-electron chi connectivity index (χ1n) is 12.1. The predicted octanol–water partition coefficient (Wildman–Crippen LogP) is 4.40. The molecule has 1 heterocycles. The largest absolute Gasteiger partial charge is 0.515 e. The third-order valence-corrected chi connectivity index (χ3v) is 12.6. The van der Waals surface area contributed by atoms with E-state index in [2.05, 4.69) is 61.7 Å². The topological polar surface area (TPSA) is 204 Å². The minimum absolute atomic E-state index is 0.0458. The average molecular weight is 748 g/mol. The summed E-state index contributed by atoms with van der Waals surface area (Å²) in [4.78, 5) is 80.4. The van der Waals surface area contributed by atoms with Crippen LogP contribution in [0.3, 0.4) is 0 Å². The summed E-state index contributed by atoms with van der Waals surface area (Å²) in [7, 11) is -7.57. The van der Waals surface area contributed by atoms with Crippen molar-refractivity contribution in [1.29, 1.82) is 0 Å². The quantitative estimate of drug-likeness (QED) is 0.0813. The van der Waals surface area contributed by atoms with E-state index in [9.17, 15) is 24.0 Å². The van der Waals surface area contributed by atoms with Gasteiger partial charge in [0.05, 0.1) is 0 Å². The molecule has 0 radical (unpaired) electrons. The van der Waals surface area contributed by atoms with Gasteiger partial charge >= 0.3 is 41.3 Å². The third-order valence-electron chi connectivity index (χ3n) is 4.44. The molecular formula is C22H35FN6O10P6. The molecular weight excluding hydrogens is 713 g/mol. The van der Waals surface area contributed by atoms with Crippen molar-refractivity contribution < 1.29 is 51.9 Å². The molecule has 0 aliphatic carbocycles. The summed E-state index contributed by atoms with van der Waals surface area (Å²) >= 11 is 0. The summed E-state index contributed by atoms with van der Waals surface area (Å²) in [5, 5.41) is 0. The fraction of sp³-hybridized carbons (Fsp3) is 0.318. The summed E-state index contributed by atoms with van der Waals surface area (Å²) < 4.78 is 47.3. The van der Waals surface area contributed by atoms with Gasteiger partial charge < -0.3 is 23.7 Å².